The molecule has 5 heteroatoms. The van der Waals surface area contributed by atoms with E-state index < -0.39 is 0 Å². The molecule has 84 valence electrons. The van der Waals surface area contributed by atoms with Crippen LogP contribution in [0.5, 0.6) is 0 Å². The summed E-state index contributed by atoms with van der Waals surface area (Å²) < 4.78 is 4.97. The SMILES string of the molecule is O=C(CCSCCCS)OCCCS. The van der Waals surface area contributed by atoms with Crippen LogP contribution in [-0.4, -0.2) is 35.6 Å². The maximum atomic E-state index is 11.1. The third-order valence-electron chi connectivity index (χ3n) is 1.46. The van der Waals surface area contributed by atoms with Crippen LogP contribution in [0.1, 0.15) is 19.3 Å². The molecule has 0 aromatic carbocycles. The van der Waals surface area contributed by atoms with Crippen LogP contribution in [0.25, 0.3) is 0 Å². The van der Waals surface area contributed by atoms with Crippen LogP contribution in [0.15, 0.2) is 0 Å². The van der Waals surface area contributed by atoms with E-state index in [0.717, 1.165) is 35.9 Å². The van der Waals surface area contributed by atoms with E-state index in [-0.39, 0.29) is 5.97 Å². The van der Waals surface area contributed by atoms with Crippen molar-refractivity contribution in [2.45, 2.75) is 19.3 Å². The molecule has 0 aliphatic carbocycles. The minimum atomic E-state index is -0.0924. The summed E-state index contributed by atoms with van der Waals surface area (Å²) in [7, 11) is 0. The molecule has 14 heavy (non-hydrogen) atoms. The first kappa shape index (κ1) is 14.5. The van der Waals surface area contributed by atoms with Gasteiger partial charge in [0.1, 0.15) is 0 Å². The Bertz CT molecular complexity index is 142. The molecule has 0 N–H and O–H groups in total. The van der Waals surface area contributed by atoms with Gasteiger partial charge in [0.15, 0.2) is 0 Å². The lowest BCUT2D eigenvalue weighted by molar-refractivity contribution is -0.143. The van der Waals surface area contributed by atoms with Crippen molar-refractivity contribution in [3.8, 4) is 0 Å². The van der Waals surface area contributed by atoms with E-state index in [9.17, 15) is 4.79 Å². The predicted molar refractivity (Wildman–Crippen MR) is 69.8 cm³/mol. The molecule has 0 aliphatic rings. The monoisotopic (exact) mass is 254 g/mol. The summed E-state index contributed by atoms with van der Waals surface area (Å²) in [6, 6.07) is 0. The van der Waals surface area contributed by atoms with Crippen molar-refractivity contribution in [3.05, 3.63) is 0 Å². The molecule has 0 aromatic heterocycles. The molecule has 0 saturated heterocycles. The van der Waals surface area contributed by atoms with Crippen LogP contribution in [0.4, 0.5) is 0 Å². The average molecular weight is 254 g/mol. The van der Waals surface area contributed by atoms with Gasteiger partial charge in [-0.05, 0) is 30.1 Å². The molecule has 0 radical (unpaired) electrons. The Kier molecular flexibility index (Phi) is 12.0. The highest BCUT2D eigenvalue weighted by Crippen LogP contribution is 2.05. The van der Waals surface area contributed by atoms with E-state index in [1.54, 1.807) is 11.8 Å². The van der Waals surface area contributed by atoms with Gasteiger partial charge in [-0.15, -0.1) is 0 Å². The number of carbonyl (C=O) groups is 1. The fourth-order valence-electron chi connectivity index (χ4n) is 0.747. The first-order chi connectivity index (χ1) is 6.81. The van der Waals surface area contributed by atoms with Gasteiger partial charge in [0.05, 0.1) is 13.0 Å². The predicted octanol–water partition coefficient (Wildman–Crippen LogP) is 2.29. The highest BCUT2D eigenvalue weighted by Gasteiger charge is 2.01. The van der Waals surface area contributed by atoms with Crippen LogP contribution in [0, 0.1) is 0 Å². The normalized spacial score (nSPS) is 10.1. The summed E-state index contributed by atoms with van der Waals surface area (Å²) in [5.41, 5.74) is 0. The molecular formula is C9H18O2S3. The Morgan fingerprint density at radius 3 is 2.50 bits per heavy atom. The molecule has 0 spiro atoms. The smallest absolute Gasteiger partial charge is 0.306 e. The largest absolute Gasteiger partial charge is 0.466 e. The first-order valence-corrected chi connectivity index (χ1v) is 7.18. The van der Waals surface area contributed by atoms with Crippen LogP contribution in [0.2, 0.25) is 0 Å². The van der Waals surface area contributed by atoms with E-state index in [2.05, 4.69) is 25.3 Å². The van der Waals surface area contributed by atoms with E-state index in [0.29, 0.717) is 13.0 Å². The van der Waals surface area contributed by atoms with Crippen LogP contribution >= 0.6 is 37.0 Å². The lowest BCUT2D eigenvalue weighted by atomic mass is 10.5. The number of thioether (sulfide) groups is 1. The summed E-state index contributed by atoms with van der Waals surface area (Å²) in [5, 5.41) is 0. The molecular weight excluding hydrogens is 236 g/mol. The quantitative estimate of drug-likeness (QED) is 0.375. The highest BCUT2D eigenvalue weighted by molar-refractivity contribution is 7.99. The second-order valence-corrected chi connectivity index (χ2v) is 4.86. The second kappa shape index (κ2) is 11.6. The average Bonchev–Trinajstić information content (AvgIpc) is 2.18. The van der Waals surface area contributed by atoms with Gasteiger partial charge < -0.3 is 4.74 Å². The van der Waals surface area contributed by atoms with Gasteiger partial charge in [0, 0.05) is 5.75 Å². The van der Waals surface area contributed by atoms with Crippen LogP contribution in [0.3, 0.4) is 0 Å². The Balaban J connectivity index is 3.10. The number of hydrogen-bond donors (Lipinski definition) is 2. The standard InChI is InChI=1S/C9H18O2S3/c10-9(11-4-1-5-12)3-8-14-7-2-6-13/h12-13H,1-8H2. The third-order valence-corrected chi connectivity index (χ3v) is 3.17. The second-order valence-electron chi connectivity index (χ2n) is 2.74. The molecule has 0 heterocycles. The van der Waals surface area contributed by atoms with E-state index in [1.807, 2.05) is 0 Å². The van der Waals surface area contributed by atoms with Gasteiger partial charge in [0.2, 0.25) is 0 Å². The van der Waals surface area contributed by atoms with Gasteiger partial charge in [0.25, 0.3) is 0 Å². The summed E-state index contributed by atoms with van der Waals surface area (Å²) in [6.07, 6.45) is 2.45. The Hall–Kier alpha value is 0.520. The van der Waals surface area contributed by atoms with Crippen molar-refractivity contribution in [3.63, 3.8) is 0 Å². The maximum absolute atomic E-state index is 11.1. The fourth-order valence-corrected chi connectivity index (χ4v) is 2.11. The summed E-state index contributed by atoms with van der Waals surface area (Å²) >= 11 is 9.92. The lowest BCUT2D eigenvalue weighted by Crippen LogP contribution is -2.07. The summed E-state index contributed by atoms with van der Waals surface area (Å²) in [6.45, 7) is 0.504. The number of rotatable bonds is 9. The number of thiol groups is 2. The van der Waals surface area contributed by atoms with Gasteiger partial charge in [-0.1, -0.05) is 0 Å². The van der Waals surface area contributed by atoms with Crippen molar-refractivity contribution in [1.29, 1.82) is 0 Å². The molecule has 0 fully saturated rings. The molecule has 0 amide bonds. The van der Waals surface area contributed by atoms with Crippen LogP contribution < -0.4 is 0 Å². The minimum Gasteiger partial charge on any atom is -0.466 e. The van der Waals surface area contributed by atoms with Gasteiger partial charge in [-0.2, -0.15) is 37.0 Å². The van der Waals surface area contributed by atoms with E-state index in [4.69, 9.17) is 4.74 Å². The summed E-state index contributed by atoms with van der Waals surface area (Å²) in [5.74, 6) is 3.52. The van der Waals surface area contributed by atoms with Gasteiger partial charge in [-0.3, -0.25) is 4.79 Å². The molecule has 0 rings (SSSR count). The molecule has 0 saturated carbocycles. The minimum absolute atomic E-state index is 0.0924. The molecule has 0 aromatic rings. The zero-order chi connectivity index (χ0) is 10.6. The molecule has 0 bridgehead atoms. The number of ether oxygens (including phenoxy) is 1. The molecule has 0 unspecified atom stereocenters. The molecule has 0 aliphatic heterocycles. The van der Waals surface area contributed by atoms with E-state index >= 15 is 0 Å². The van der Waals surface area contributed by atoms with Crippen molar-refractivity contribution < 1.29 is 9.53 Å². The number of hydrogen-bond acceptors (Lipinski definition) is 5. The third kappa shape index (κ3) is 10.6. The lowest BCUT2D eigenvalue weighted by Gasteiger charge is -2.03. The zero-order valence-corrected chi connectivity index (χ0v) is 10.9. The van der Waals surface area contributed by atoms with E-state index in [1.165, 1.54) is 0 Å². The Morgan fingerprint density at radius 1 is 1.14 bits per heavy atom. The maximum Gasteiger partial charge on any atom is 0.306 e. The number of esters is 1. The Labute approximate surface area is 101 Å². The van der Waals surface area contributed by atoms with Gasteiger partial charge in [-0.25, -0.2) is 0 Å². The highest BCUT2D eigenvalue weighted by atomic mass is 32.2. The van der Waals surface area contributed by atoms with Crippen molar-refractivity contribution in [1.82, 2.24) is 0 Å². The zero-order valence-electron chi connectivity index (χ0n) is 8.28. The molecule has 2 nitrogen and oxygen atoms in total. The molecule has 0 atom stereocenters. The van der Waals surface area contributed by atoms with Crippen molar-refractivity contribution >= 4 is 43.0 Å². The van der Waals surface area contributed by atoms with Gasteiger partial charge >= 0.3 is 5.97 Å². The summed E-state index contributed by atoms with van der Waals surface area (Å²) in [4.78, 5) is 11.1. The number of carbonyl (C=O) groups excluding carboxylic acids is 1. The fraction of sp³-hybridized carbons (Fsp3) is 0.889. The first-order valence-electron chi connectivity index (χ1n) is 4.76. The van der Waals surface area contributed by atoms with Crippen molar-refractivity contribution in [2.24, 2.45) is 0 Å². The topological polar surface area (TPSA) is 26.3 Å². The Morgan fingerprint density at radius 2 is 1.86 bits per heavy atom. The van der Waals surface area contributed by atoms with Crippen LogP contribution in [-0.2, 0) is 9.53 Å². The van der Waals surface area contributed by atoms with Crippen molar-refractivity contribution in [2.75, 3.05) is 29.6 Å².